The number of carbonyl (C=O) groups is 6. The number of hydrogen-bond acceptors (Lipinski definition) is 11. The SMILES string of the molecule is CC(C)C[C@@H]1NC(=O)[C@@H](Cc2ccccc2)NC(=O)[C@@H](NC(=O)COc2ccc(-n3cnnn3)cc2)CCCNC(=O)[C@@H]2C[C@@H](O)CN2C(=O)[C@H](C)NC1=O. The molecule has 2 saturated heterocycles. The first-order valence-corrected chi connectivity index (χ1v) is 18.3. The highest BCUT2D eigenvalue weighted by molar-refractivity contribution is 5.96. The van der Waals surface area contributed by atoms with Gasteiger partial charge in [-0.25, -0.2) is 4.68 Å². The predicted molar refractivity (Wildman–Crippen MR) is 196 cm³/mol. The van der Waals surface area contributed by atoms with E-state index in [9.17, 15) is 33.9 Å². The quantitative estimate of drug-likeness (QED) is 0.157. The Morgan fingerprint density at radius 3 is 2.35 bits per heavy atom. The first-order valence-electron chi connectivity index (χ1n) is 18.3. The van der Waals surface area contributed by atoms with E-state index in [1.165, 1.54) is 22.8 Å². The number of rotatable bonds is 9. The summed E-state index contributed by atoms with van der Waals surface area (Å²) in [5, 5.41) is 35.1. The summed E-state index contributed by atoms with van der Waals surface area (Å²) in [6, 6.07) is 10.2. The summed E-state index contributed by atoms with van der Waals surface area (Å²) in [7, 11) is 0. The average molecular weight is 761 g/mol. The lowest BCUT2D eigenvalue weighted by Crippen LogP contribution is -2.59. The molecule has 18 nitrogen and oxygen atoms in total. The normalized spacial score (nSPS) is 24.5. The van der Waals surface area contributed by atoms with Gasteiger partial charge in [0.25, 0.3) is 5.91 Å². The van der Waals surface area contributed by atoms with Crippen molar-refractivity contribution in [3.8, 4) is 11.4 Å². The van der Waals surface area contributed by atoms with Crippen molar-refractivity contribution in [1.29, 1.82) is 0 Å². The summed E-state index contributed by atoms with van der Waals surface area (Å²) in [6.45, 7) is 4.79. The maximum atomic E-state index is 14.0. The van der Waals surface area contributed by atoms with E-state index in [1.54, 1.807) is 48.5 Å². The molecule has 0 radical (unpaired) electrons. The van der Waals surface area contributed by atoms with Gasteiger partial charge in [0.15, 0.2) is 6.61 Å². The van der Waals surface area contributed by atoms with Crippen molar-refractivity contribution in [3.05, 3.63) is 66.5 Å². The van der Waals surface area contributed by atoms with E-state index in [0.717, 1.165) is 5.56 Å². The molecule has 2 aliphatic rings. The molecule has 2 aliphatic heterocycles. The third-order valence-corrected chi connectivity index (χ3v) is 9.29. The highest BCUT2D eigenvalue weighted by atomic mass is 16.5. The van der Waals surface area contributed by atoms with Gasteiger partial charge in [-0.3, -0.25) is 28.8 Å². The first-order chi connectivity index (χ1) is 26.4. The van der Waals surface area contributed by atoms with Crippen molar-refractivity contribution in [2.45, 2.75) is 89.2 Å². The van der Waals surface area contributed by atoms with Gasteiger partial charge < -0.3 is 41.3 Å². The third-order valence-electron chi connectivity index (χ3n) is 9.29. The van der Waals surface area contributed by atoms with Gasteiger partial charge in [-0.15, -0.1) is 5.10 Å². The zero-order valence-corrected chi connectivity index (χ0v) is 31.0. The molecule has 2 aromatic carbocycles. The van der Waals surface area contributed by atoms with Crippen LogP contribution in [0.3, 0.4) is 0 Å². The molecule has 5 rings (SSSR count). The van der Waals surface area contributed by atoms with Crippen LogP contribution in [-0.4, -0.2) is 122 Å². The summed E-state index contributed by atoms with van der Waals surface area (Å²) in [5.74, 6) is -3.24. The molecule has 1 aromatic heterocycles. The van der Waals surface area contributed by atoms with E-state index in [-0.39, 0.29) is 51.1 Å². The molecule has 294 valence electrons. The van der Waals surface area contributed by atoms with Gasteiger partial charge in [-0.1, -0.05) is 44.2 Å². The number of aliphatic hydroxyl groups excluding tert-OH is 1. The number of hydrogen-bond donors (Lipinski definition) is 6. The van der Waals surface area contributed by atoms with Crippen LogP contribution in [0, 0.1) is 5.92 Å². The van der Waals surface area contributed by atoms with Crippen molar-refractivity contribution in [2.24, 2.45) is 5.92 Å². The molecular weight excluding hydrogens is 712 g/mol. The Bertz CT molecular complexity index is 1790. The van der Waals surface area contributed by atoms with Gasteiger partial charge in [0.2, 0.25) is 29.5 Å². The molecule has 3 heterocycles. The summed E-state index contributed by atoms with van der Waals surface area (Å²) in [4.78, 5) is 82.8. The van der Waals surface area contributed by atoms with Crippen LogP contribution in [0.15, 0.2) is 60.9 Å². The van der Waals surface area contributed by atoms with Crippen LogP contribution in [0.2, 0.25) is 0 Å². The summed E-state index contributed by atoms with van der Waals surface area (Å²) >= 11 is 0. The number of aliphatic hydroxyl groups is 1. The lowest BCUT2D eigenvalue weighted by Gasteiger charge is -2.29. The van der Waals surface area contributed by atoms with Crippen molar-refractivity contribution in [3.63, 3.8) is 0 Å². The Hall–Kier alpha value is -5.91. The number of carbonyl (C=O) groups excluding carboxylic acids is 6. The molecule has 18 heteroatoms. The van der Waals surface area contributed by atoms with Crippen LogP contribution in [0.5, 0.6) is 5.75 Å². The number of fused-ring (bicyclic) bond motifs is 1. The molecule has 0 saturated carbocycles. The van der Waals surface area contributed by atoms with Crippen molar-refractivity contribution >= 4 is 35.4 Å². The lowest BCUT2D eigenvalue weighted by atomic mass is 10.00. The van der Waals surface area contributed by atoms with Crippen molar-refractivity contribution in [2.75, 3.05) is 19.7 Å². The highest BCUT2D eigenvalue weighted by Gasteiger charge is 2.41. The van der Waals surface area contributed by atoms with E-state index in [0.29, 0.717) is 11.4 Å². The number of benzene rings is 2. The van der Waals surface area contributed by atoms with Crippen molar-refractivity contribution in [1.82, 2.24) is 51.7 Å². The molecule has 0 aliphatic carbocycles. The highest BCUT2D eigenvalue weighted by Crippen LogP contribution is 2.20. The zero-order valence-electron chi connectivity index (χ0n) is 31.0. The number of nitrogens with one attached hydrogen (secondary N) is 5. The molecule has 2 fully saturated rings. The smallest absolute Gasteiger partial charge is 0.258 e. The molecule has 0 bridgehead atoms. The molecule has 3 aromatic rings. The van der Waals surface area contributed by atoms with Crippen LogP contribution in [-0.2, 0) is 35.2 Å². The summed E-state index contributed by atoms with van der Waals surface area (Å²) in [6.07, 6.45) is 1.07. The monoisotopic (exact) mass is 760 g/mol. The van der Waals surface area contributed by atoms with Gasteiger partial charge in [-0.2, -0.15) is 0 Å². The maximum Gasteiger partial charge on any atom is 0.258 e. The number of ether oxygens (including phenoxy) is 1. The number of tetrazole rings is 1. The lowest BCUT2D eigenvalue weighted by molar-refractivity contribution is -0.141. The Morgan fingerprint density at radius 1 is 0.945 bits per heavy atom. The minimum absolute atomic E-state index is 0.00848. The molecule has 0 spiro atoms. The second-order valence-electron chi connectivity index (χ2n) is 14.2. The second kappa shape index (κ2) is 18.9. The topological polar surface area (TPSA) is 239 Å². The molecule has 55 heavy (non-hydrogen) atoms. The first kappa shape index (κ1) is 40.3. The number of amides is 6. The largest absolute Gasteiger partial charge is 0.484 e. The van der Waals surface area contributed by atoms with Gasteiger partial charge in [-0.05, 0) is 72.4 Å². The third kappa shape index (κ3) is 11.3. The van der Waals surface area contributed by atoms with E-state index in [2.05, 4.69) is 42.1 Å². The van der Waals surface area contributed by atoms with E-state index >= 15 is 0 Å². The van der Waals surface area contributed by atoms with Crippen LogP contribution in [0.25, 0.3) is 5.69 Å². The van der Waals surface area contributed by atoms with Gasteiger partial charge >= 0.3 is 0 Å². The van der Waals surface area contributed by atoms with Gasteiger partial charge in [0, 0.05) is 25.9 Å². The second-order valence-corrected chi connectivity index (χ2v) is 14.2. The van der Waals surface area contributed by atoms with Crippen LogP contribution in [0.4, 0.5) is 0 Å². The summed E-state index contributed by atoms with van der Waals surface area (Å²) < 4.78 is 7.12. The van der Waals surface area contributed by atoms with Gasteiger partial charge in [0.1, 0.15) is 42.3 Å². The predicted octanol–water partition coefficient (Wildman–Crippen LogP) is -0.839. The van der Waals surface area contributed by atoms with Crippen LogP contribution >= 0.6 is 0 Å². The Kier molecular flexibility index (Phi) is 13.9. The van der Waals surface area contributed by atoms with E-state index in [4.69, 9.17) is 4.74 Å². The van der Waals surface area contributed by atoms with Gasteiger partial charge in [0.05, 0.1) is 11.8 Å². The number of nitrogens with zero attached hydrogens (tertiary/aromatic N) is 5. The molecule has 6 amide bonds. The fraction of sp³-hybridized carbons (Fsp3) is 0.486. The standard InChI is InChI=1S/C37H48N10O8/c1-22(2)16-29-34(51)40-23(3)37(54)46-19-26(48)18-31(46)36(53)38-15-7-10-28(33(50)43-30(35(52)42-29)17-24-8-5-4-6-9-24)41-32(49)20-55-27-13-11-25(12-14-27)47-21-39-44-45-47/h4-6,8-9,11-14,21-23,26,28-31,48H,7,10,15-20H2,1-3H3,(H,38,53)(H,40,51)(H,41,49)(H,42,52)(H,43,50)/t23-,26+,28-,29-,30+,31-/m0/s1. The minimum Gasteiger partial charge on any atom is -0.484 e. The van der Waals surface area contributed by atoms with E-state index < -0.39 is 78.4 Å². The molecular formula is C37H48N10O8. The fourth-order valence-electron chi connectivity index (χ4n) is 6.50. The minimum atomic E-state index is -1.16. The molecule has 0 unspecified atom stereocenters. The zero-order chi connectivity index (χ0) is 39.5. The molecule has 6 atom stereocenters. The van der Waals surface area contributed by atoms with E-state index in [1.807, 2.05) is 19.9 Å². The molecule has 6 N–H and O–H groups in total. The number of aromatic nitrogens is 4. The Labute approximate surface area is 318 Å². The summed E-state index contributed by atoms with van der Waals surface area (Å²) in [5.41, 5.74) is 1.41. The average Bonchev–Trinajstić information content (AvgIpc) is 3.85. The fourth-order valence-corrected chi connectivity index (χ4v) is 6.50. The Balaban J connectivity index is 1.36. The maximum absolute atomic E-state index is 14.0. The Morgan fingerprint density at radius 2 is 1.65 bits per heavy atom. The van der Waals surface area contributed by atoms with Crippen molar-refractivity contribution < 1.29 is 38.6 Å². The van der Waals surface area contributed by atoms with Crippen LogP contribution in [0.1, 0.15) is 52.0 Å². The van der Waals surface area contributed by atoms with Crippen LogP contribution < -0.4 is 31.3 Å².